The molecule has 0 radical (unpaired) electrons. The van der Waals surface area contributed by atoms with Gasteiger partial charge in [0.1, 0.15) is 13.2 Å². The summed E-state index contributed by atoms with van der Waals surface area (Å²) in [6.45, 7) is 0.315. The molecule has 0 fully saturated rings. The highest BCUT2D eigenvalue weighted by Gasteiger charge is 2.39. The summed E-state index contributed by atoms with van der Waals surface area (Å²) in [7, 11) is 0. The second-order valence-electron chi connectivity index (χ2n) is 2.23. The highest BCUT2D eigenvalue weighted by Crippen LogP contribution is 2.12. The predicted molar refractivity (Wildman–Crippen MR) is 39.2 cm³/mol. The number of nitro groups is 1. The maximum Gasteiger partial charge on any atom is 0.373 e. The molecule has 7 heteroatoms. The van der Waals surface area contributed by atoms with Crippen LogP contribution in [0.15, 0.2) is 0 Å². The van der Waals surface area contributed by atoms with Gasteiger partial charge in [0.15, 0.2) is 0 Å². The van der Waals surface area contributed by atoms with E-state index in [0.717, 1.165) is 0 Å². The molecule has 0 heterocycles. The molecule has 76 valence electrons. The van der Waals surface area contributed by atoms with Crippen LogP contribution in [0.3, 0.4) is 0 Å². The van der Waals surface area contributed by atoms with Crippen molar-refractivity contribution in [2.24, 2.45) is 0 Å². The van der Waals surface area contributed by atoms with E-state index in [1.807, 2.05) is 0 Å². The Morgan fingerprint density at radius 1 is 1.38 bits per heavy atom. The molecule has 0 amide bonds. The second-order valence-corrected chi connectivity index (χ2v) is 2.23. The largest absolute Gasteiger partial charge is 0.389 e. The van der Waals surface area contributed by atoms with Crippen molar-refractivity contribution < 1.29 is 24.7 Å². The monoisotopic (exact) mass is 193 g/mol. The summed E-state index contributed by atoms with van der Waals surface area (Å²) in [5, 5.41) is 27.3. The average molecular weight is 193 g/mol. The Labute approximate surface area is 74.1 Å². The zero-order chi connectivity index (χ0) is 10.9. The lowest BCUT2D eigenvalue weighted by molar-refractivity contribution is -0.577. The molecule has 0 spiro atoms. The van der Waals surface area contributed by atoms with Crippen molar-refractivity contribution in [1.82, 2.24) is 0 Å². The van der Waals surface area contributed by atoms with E-state index in [2.05, 4.69) is 0 Å². The van der Waals surface area contributed by atoms with Crippen LogP contribution >= 0.6 is 0 Å². The van der Waals surface area contributed by atoms with Gasteiger partial charge in [0.25, 0.3) is 5.54 Å². The average Bonchev–Trinajstić information content (AvgIpc) is 2.09. The third kappa shape index (κ3) is 4.32. The van der Waals surface area contributed by atoms with E-state index < -0.39 is 23.7 Å². The maximum absolute atomic E-state index is 10.2. The molecular weight excluding hydrogens is 182 g/mol. The van der Waals surface area contributed by atoms with Gasteiger partial charge in [-0.2, -0.15) is 9.59 Å². The zero-order valence-electron chi connectivity index (χ0n) is 7.10. The Hall–Kier alpha value is -1.30. The van der Waals surface area contributed by atoms with Crippen molar-refractivity contribution >= 4 is 6.15 Å². The number of aliphatic hydroxyl groups is 2. The lowest BCUT2D eigenvalue weighted by atomic mass is 10.0. The van der Waals surface area contributed by atoms with Crippen LogP contribution in [0.2, 0.25) is 0 Å². The Morgan fingerprint density at radius 2 is 1.69 bits per heavy atom. The Kier molecular flexibility index (Phi) is 8.05. The number of carbonyl (C=O) groups excluding carboxylic acids is 2. The molecular formula is C6H11NO6. The minimum Gasteiger partial charge on any atom is -0.389 e. The summed E-state index contributed by atoms with van der Waals surface area (Å²) in [6, 6.07) is 0. The fraction of sp³-hybridized carbons (Fsp3) is 0.833. The van der Waals surface area contributed by atoms with Crippen LogP contribution in [0.25, 0.3) is 0 Å². The first-order valence-electron chi connectivity index (χ1n) is 3.40. The third-order valence-electron chi connectivity index (χ3n) is 1.63. The van der Waals surface area contributed by atoms with Crippen LogP contribution in [0.1, 0.15) is 13.3 Å². The van der Waals surface area contributed by atoms with Gasteiger partial charge in [0, 0.05) is 11.3 Å². The van der Waals surface area contributed by atoms with E-state index in [0.29, 0.717) is 0 Å². The second kappa shape index (κ2) is 7.35. The van der Waals surface area contributed by atoms with Gasteiger partial charge in [0.2, 0.25) is 0 Å². The lowest BCUT2D eigenvalue weighted by Gasteiger charge is -2.17. The van der Waals surface area contributed by atoms with Gasteiger partial charge in [-0.15, -0.1) is 0 Å². The molecule has 0 aliphatic carbocycles. The normalized spacial score (nSPS) is 9.46. The minimum atomic E-state index is -1.54. The molecule has 2 N–H and O–H groups in total. The molecule has 0 bridgehead atoms. The SMILES string of the molecule is CCC(CO)(CO)[N+](=O)[O-].O=C=O. The van der Waals surface area contributed by atoms with Crippen LogP contribution in [0.4, 0.5) is 0 Å². The van der Waals surface area contributed by atoms with E-state index in [-0.39, 0.29) is 12.6 Å². The van der Waals surface area contributed by atoms with Gasteiger partial charge in [-0.1, -0.05) is 6.92 Å². The van der Waals surface area contributed by atoms with E-state index in [1.165, 1.54) is 0 Å². The van der Waals surface area contributed by atoms with E-state index >= 15 is 0 Å². The quantitative estimate of drug-likeness (QED) is 0.428. The summed E-state index contributed by atoms with van der Waals surface area (Å²) in [5.74, 6) is 0. The highest BCUT2D eigenvalue weighted by atomic mass is 16.6. The Bertz CT molecular complexity index is 173. The molecule has 0 aromatic heterocycles. The summed E-state index contributed by atoms with van der Waals surface area (Å²) in [6.07, 6.45) is 0.382. The van der Waals surface area contributed by atoms with Crippen LogP contribution < -0.4 is 0 Å². The summed E-state index contributed by atoms with van der Waals surface area (Å²) in [4.78, 5) is 25.8. The van der Waals surface area contributed by atoms with Crippen molar-refractivity contribution in [2.45, 2.75) is 18.9 Å². The molecule has 0 aliphatic rings. The molecule has 0 rings (SSSR count). The van der Waals surface area contributed by atoms with E-state index in [1.54, 1.807) is 6.92 Å². The fourth-order valence-corrected chi connectivity index (χ4v) is 0.518. The van der Waals surface area contributed by atoms with Crippen molar-refractivity contribution in [1.29, 1.82) is 0 Å². The Morgan fingerprint density at radius 3 is 1.69 bits per heavy atom. The highest BCUT2D eigenvalue weighted by molar-refractivity contribution is 5.20. The summed E-state index contributed by atoms with van der Waals surface area (Å²) >= 11 is 0. The molecule has 0 aromatic carbocycles. The van der Waals surface area contributed by atoms with Gasteiger partial charge < -0.3 is 10.2 Å². The number of rotatable bonds is 4. The van der Waals surface area contributed by atoms with Crippen molar-refractivity contribution in [3.05, 3.63) is 10.1 Å². The molecule has 0 aromatic rings. The summed E-state index contributed by atoms with van der Waals surface area (Å²) in [5.41, 5.74) is -1.54. The van der Waals surface area contributed by atoms with E-state index in [4.69, 9.17) is 19.8 Å². The first kappa shape index (κ1) is 14.2. The number of aliphatic hydroxyl groups excluding tert-OH is 2. The van der Waals surface area contributed by atoms with E-state index in [9.17, 15) is 10.1 Å². The first-order valence-corrected chi connectivity index (χ1v) is 3.40. The fourth-order valence-electron chi connectivity index (χ4n) is 0.518. The van der Waals surface area contributed by atoms with Crippen LogP contribution in [0.5, 0.6) is 0 Å². The van der Waals surface area contributed by atoms with Gasteiger partial charge >= 0.3 is 6.15 Å². The third-order valence-corrected chi connectivity index (χ3v) is 1.63. The molecule has 7 nitrogen and oxygen atoms in total. The molecule has 0 unspecified atom stereocenters. The summed E-state index contributed by atoms with van der Waals surface area (Å²) < 4.78 is 0. The van der Waals surface area contributed by atoms with Crippen LogP contribution in [0, 0.1) is 10.1 Å². The standard InChI is InChI=1S/C5H11NO4.CO2/c1-2-5(3-7,4-8)6(9)10;2-1-3/h7-8H,2-4H2,1H3;. The molecule has 0 aliphatic heterocycles. The molecule has 0 saturated heterocycles. The van der Waals surface area contributed by atoms with Gasteiger partial charge in [-0.05, 0) is 0 Å². The van der Waals surface area contributed by atoms with Crippen LogP contribution in [-0.4, -0.2) is 40.0 Å². The molecule has 13 heavy (non-hydrogen) atoms. The number of hydrogen-bond acceptors (Lipinski definition) is 6. The number of nitrogens with zero attached hydrogens (tertiary/aromatic N) is 1. The minimum absolute atomic E-state index is 0.132. The van der Waals surface area contributed by atoms with Crippen molar-refractivity contribution in [2.75, 3.05) is 13.2 Å². The van der Waals surface area contributed by atoms with Gasteiger partial charge in [-0.25, -0.2) is 0 Å². The van der Waals surface area contributed by atoms with Crippen molar-refractivity contribution in [3.8, 4) is 0 Å². The number of hydrogen-bond donors (Lipinski definition) is 2. The molecule has 0 atom stereocenters. The van der Waals surface area contributed by atoms with Gasteiger partial charge in [-0.3, -0.25) is 10.1 Å². The molecule has 0 saturated carbocycles. The van der Waals surface area contributed by atoms with Crippen molar-refractivity contribution in [3.63, 3.8) is 0 Å². The predicted octanol–water partition coefficient (Wildman–Crippen LogP) is -1.19. The van der Waals surface area contributed by atoms with Gasteiger partial charge in [0.05, 0.1) is 0 Å². The topological polar surface area (TPSA) is 118 Å². The lowest BCUT2D eigenvalue weighted by Crippen LogP contribution is -2.45. The zero-order valence-corrected chi connectivity index (χ0v) is 7.10. The van der Waals surface area contributed by atoms with Crippen LogP contribution in [-0.2, 0) is 9.59 Å². The Balaban J connectivity index is 0. The maximum atomic E-state index is 10.2. The smallest absolute Gasteiger partial charge is 0.373 e. The first-order chi connectivity index (χ1) is 6.04.